The first kappa shape index (κ1) is 32.6. The zero-order valence-corrected chi connectivity index (χ0v) is 17.2. The van der Waals surface area contributed by atoms with Gasteiger partial charge in [-0.25, -0.2) is 0 Å². The van der Waals surface area contributed by atoms with Gasteiger partial charge in [0.25, 0.3) is 0 Å². The molecule has 12 heteroatoms. The van der Waals surface area contributed by atoms with E-state index in [-0.39, 0.29) is 4.56 Å². The monoisotopic (exact) mass is 563 g/mol. The van der Waals surface area contributed by atoms with Crippen molar-refractivity contribution in [3.05, 3.63) is 0 Å². The van der Waals surface area contributed by atoms with Gasteiger partial charge >= 0.3 is 35.8 Å². The molecule has 0 heterocycles. The van der Waals surface area contributed by atoms with E-state index in [1.54, 1.807) is 0 Å². The van der Waals surface area contributed by atoms with Crippen molar-refractivity contribution in [3.63, 3.8) is 0 Å². The Morgan fingerprint density at radius 1 is 0.731 bits per heavy atom. The number of aliphatic hydroxyl groups excluding tert-OH is 3. The summed E-state index contributed by atoms with van der Waals surface area (Å²) in [5, 5.41) is 51.9. The molecule has 0 bridgehead atoms. The fourth-order valence-corrected chi connectivity index (χ4v) is 0.250. The summed E-state index contributed by atoms with van der Waals surface area (Å²) in [7, 11) is 0. The molecule has 0 aromatic rings. The molecule has 1 rings (SSSR count). The molecular weight excluding hydrogens is 535 g/mol. The third-order valence-electron chi connectivity index (χ3n) is 2.02. The van der Waals surface area contributed by atoms with Gasteiger partial charge in [0, 0.05) is 0 Å². The van der Waals surface area contributed by atoms with E-state index >= 15 is 0 Å². The van der Waals surface area contributed by atoms with Crippen molar-refractivity contribution in [1.29, 1.82) is 0 Å². The van der Waals surface area contributed by atoms with Crippen molar-refractivity contribution in [2.75, 3.05) is 0 Å². The van der Waals surface area contributed by atoms with Crippen molar-refractivity contribution < 1.29 is 64.8 Å². The Morgan fingerprint density at radius 3 is 0.808 bits per heavy atom. The summed E-state index contributed by atoms with van der Waals surface area (Å²) < 4.78 is -0.194. The van der Waals surface area contributed by atoms with Crippen molar-refractivity contribution in [2.24, 2.45) is 11.5 Å². The van der Waals surface area contributed by atoms with Crippen LogP contribution in [0.5, 0.6) is 0 Å². The molecule has 3 atom stereocenters. The average Bonchev–Trinajstić information content (AvgIpc) is 2.36. The van der Waals surface area contributed by atoms with Crippen LogP contribution in [-0.2, 0) is 34.2 Å². The van der Waals surface area contributed by atoms with Gasteiger partial charge in [-0.15, -0.1) is 0 Å². The van der Waals surface area contributed by atoms with E-state index < -0.39 is 36.2 Å². The summed E-state index contributed by atoms with van der Waals surface area (Å²) >= 11 is 1.89. The van der Waals surface area contributed by atoms with E-state index in [1.807, 2.05) is 19.8 Å². The van der Waals surface area contributed by atoms with Crippen molar-refractivity contribution in [1.82, 2.24) is 0 Å². The quantitative estimate of drug-likeness (QED) is 0.203. The second kappa shape index (κ2) is 21.9. The molecule has 11 nitrogen and oxygen atoms in total. The number of hydrogen-bond acceptors (Lipinski definition) is 11. The second-order valence-electron chi connectivity index (χ2n) is 4.80. The number of aliphatic carboxylic acids is 3. The molecule has 1 fully saturated rings. The summed E-state index contributed by atoms with van der Waals surface area (Å²) in [5.41, 5.74) is 9.75. The average molecular weight is 563 g/mol. The van der Waals surface area contributed by atoms with Gasteiger partial charge in [0.2, 0.25) is 0 Å². The van der Waals surface area contributed by atoms with E-state index in [1.165, 1.54) is 25.7 Å². The number of hydrogen-bond donors (Lipinski definition) is 5. The van der Waals surface area contributed by atoms with Gasteiger partial charge in [-0.3, -0.25) is 0 Å². The minimum absolute atomic E-state index is 0.194. The third kappa shape index (κ3) is 49.5. The SMILES string of the molecule is C1CCC1.CC(O)C(=O)[O-].CC(O)C(=O)[O-].CC(O)C(=O)[O-].N[CH](N)[Pt+3]. The van der Waals surface area contributed by atoms with Crippen LogP contribution in [-0.4, -0.2) is 56.1 Å². The van der Waals surface area contributed by atoms with Crippen molar-refractivity contribution in [2.45, 2.75) is 69.3 Å². The number of carbonyl (C=O) groups excluding carboxylic acids is 3. The van der Waals surface area contributed by atoms with Crippen LogP contribution in [0.1, 0.15) is 46.5 Å². The Balaban J connectivity index is -0.000000117. The molecule has 1 saturated carbocycles. The Kier molecular flexibility index (Phi) is 27.5. The summed E-state index contributed by atoms with van der Waals surface area (Å²) in [4.78, 5) is 28.0. The second-order valence-corrected chi connectivity index (χ2v) is 6.32. The Hall–Kier alpha value is -1.10. The number of nitrogens with two attached hydrogens (primary N) is 2. The first-order chi connectivity index (χ1) is 11.7. The molecule has 0 aromatic carbocycles. The van der Waals surface area contributed by atoms with E-state index in [4.69, 9.17) is 26.8 Å². The molecule has 0 saturated heterocycles. The molecule has 0 aromatic heterocycles. The number of rotatable bonds is 3. The van der Waals surface area contributed by atoms with Crippen LogP contribution in [0.15, 0.2) is 0 Å². The number of aliphatic hydroxyl groups is 3. The van der Waals surface area contributed by atoms with Gasteiger partial charge < -0.3 is 45.0 Å². The molecule has 0 aliphatic heterocycles. The van der Waals surface area contributed by atoms with Crippen LogP contribution in [0.2, 0.25) is 0 Å². The van der Waals surface area contributed by atoms with Crippen LogP contribution >= 0.6 is 0 Å². The van der Waals surface area contributed by atoms with E-state index in [0.29, 0.717) is 0 Å². The summed E-state index contributed by atoms with van der Waals surface area (Å²) in [5.74, 6) is -4.31. The van der Waals surface area contributed by atoms with Crippen molar-refractivity contribution in [3.8, 4) is 0 Å². The van der Waals surface area contributed by atoms with Gasteiger partial charge in [-0.1, -0.05) is 25.7 Å². The molecule has 0 radical (unpaired) electrons. The molecule has 0 spiro atoms. The number of carbonyl (C=O) groups is 3. The fraction of sp³-hybridized carbons (Fsp3) is 0.786. The third-order valence-corrected chi connectivity index (χ3v) is 2.02. The molecule has 3 unspecified atom stereocenters. The van der Waals surface area contributed by atoms with Crippen LogP contribution in [0.3, 0.4) is 0 Å². The van der Waals surface area contributed by atoms with Crippen LogP contribution in [0, 0.1) is 0 Å². The normalized spacial score (nSPS) is 14.5. The van der Waals surface area contributed by atoms with Gasteiger partial charge in [0.15, 0.2) is 0 Å². The van der Waals surface area contributed by atoms with Crippen LogP contribution in [0.25, 0.3) is 0 Å². The Morgan fingerprint density at radius 2 is 0.808 bits per heavy atom. The standard InChI is InChI=1S/C4H8.3C3H6O3.CH5N2.Pt/c1-2-4-3-1;3*1-2(4)3(5)6;2-1-3;/h1-4H2;3*2,4H,1H3,(H,5,6);1H,2-3H2;/q;;;;;+3/p-3. The van der Waals surface area contributed by atoms with E-state index in [0.717, 1.165) is 20.8 Å². The summed E-state index contributed by atoms with van der Waals surface area (Å²) in [6, 6.07) is 0. The first-order valence-corrected chi connectivity index (χ1v) is 8.76. The van der Waals surface area contributed by atoms with E-state index in [9.17, 15) is 29.7 Å². The Bertz CT molecular complexity index is 311. The summed E-state index contributed by atoms with van der Waals surface area (Å²) in [6.45, 7) is 3.40. The van der Waals surface area contributed by atoms with Crippen LogP contribution < -0.4 is 26.8 Å². The molecule has 1 aliphatic carbocycles. The predicted molar refractivity (Wildman–Crippen MR) is 80.7 cm³/mol. The topological polar surface area (TPSA) is 233 Å². The molecule has 26 heavy (non-hydrogen) atoms. The summed E-state index contributed by atoms with van der Waals surface area (Å²) in [6.07, 6.45) is 1.97. The molecular formula is C14H28N2O9Pt. The van der Waals surface area contributed by atoms with Gasteiger partial charge in [-0.05, 0) is 20.8 Å². The van der Waals surface area contributed by atoms with Crippen LogP contribution in [0.4, 0.5) is 0 Å². The molecule has 7 N–H and O–H groups in total. The maximum absolute atomic E-state index is 9.34. The zero-order valence-electron chi connectivity index (χ0n) is 14.9. The molecule has 1 aliphatic rings. The number of carboxylic acid groups (broad SMARTS) is 3. The van der Waals surface area contributed by atoms with E-state index in [2.05, 4.69) is 0 Å². The molecule has 0 amide bonds. The Labute approximate surface area is 163 Å². The van der Waals surface area contributed by atoms with Crippen molar-refractivity contribution >= 4 is 17.9 Å². The number of carboxylic acids is 3. The molecule has 158 valence electrons. The van der Waals surface area contributed by atoms with Gasteiger partial charge in [0.1, 0.15) is 0 Å². The predicted octanol–water partition coefficient (Wildman–Crippen LogP) is -5.35. The zero-order chi connectivity index (χ0) is 21.9. The van der Waals surface area contributed by atoms with Gasteiger partial charge in [-0.2, -0.15) is 0 Å². The maximum atomic E-state index is 9.34. The first-order valence-electron chi connectivity index (χ1n) is 7.45. The fourth-order valence-electron chi connectivity index (χ4n) is 0.250. The van der Waals surface area contributed by atoms with Gasteiger partial charge in [0.05, 0.1) is 36.2 Å². The minimum atomic E-state index is -1.44.